The molecule has 1 saturated carbocycles. The van der Waals surface area contributed by atoms with Crippen molar-refractivity contribution in [2.24, 2.45) is 11.8 Å². The molecule has 0 aromatic heterocycles. The van der Waals surface area contributed by atoms with Gasteiger partial charge in [-0.2, -0.15) is 0 Å². The van der Waals surface area contributed by atoms with Crippen molar-refractivity contribution in [2.75, 3.05) is 0 Å². The van der Waals surface area contributed by atoms with E-state index < -0.39 is 0 Å². The first-order valence-corrected chi connectivity index (χ1v) is 17.4. The summed E-state index contributed by atoms with van der Waals surface area (Å²) in [6.07, 6.45) is 8.66. The number of hydrogen-bond donors (Lipinski definition) is 0. The van der Waals surface area contributed by atoms with Crippen LogP contribution in [0.2, 0.25) is 0 Å². The van der Waals surface area contributed by atoms with Gasteiger partial charge in [-0.15, -0.1) is 0 Å². The number of allylic oxidation sites excluding steroid dienone is 4. The van der Waals surface area contributed by atoms with Gasteiger partial charge in [0, 0.05) is 5.41 Å². The number of benzene rings is 8. The maximum Gasteiger partial charge on any atom is 0.0165 e. The summed E-state index contributed by atoms with van der Waals surface area (Å²) in [6.45, 7) is 4.90. The van der Waals surface area contributed by atoms with Gasteiger partial charge in [0.2, 0.25) is 0 Å². The Balaban J connectivity index is 1.30. The standard InChI is InChI=1S/C48H34/c1-48(2)42-27-41(44-38-20-10-8-18-36(38)43(37-19-9-11-21-39(37)44)29-24-23-28-25-30(28)26-29)33-15-4-6-16-34(33)45(42)46-35-17-7-3-13-31(35)32-14-5-12-22-40(32)47(46)48/h3-24,26-28,30H,25H2,1-2H3. The molecule has 8 aromatic rings. The van der Waals surface area contributed by atoms with Crippen LogP contribution in [-0.4, -0.2) is 0 Å². The van der Waals surface area contributed by atoms with Crippen LogP contribution in [0.3, 0.4) is 0 Å². The second-order valence-electron chi connectivity index (χ2n) is 14.7. The van der Waals surface area contributed by atoms with E-state index in [0.29, 0.717) is 5.92 Å². The summed E-state index contributed by atoms with van der Waals surface area (Å²) >= 11 is 0. The van der Waals surface area contributed by atoms with Gasteiger partial charge in [-0.25, -0.2) is 0 Å². The normalized spacial score (nSPS) is 18.8. The van der Waals surface area contributed by atoms with E-state index in [-0.39, 0.29) is 5.41 Å². The van der Waals surface area contributed by atoms with Crippen molar-refractivity contribution < 1.29 is 0 Å². The molecule has 48 heavy (non-hydrogen) atoms. The lowest BCUT2D eigenvalue weighted by atomic mass is 9.77. The van der Waals surface area contributed by atoms with E-state index >= 15 is 0 Å². The maximum atomic E-state index is 2.57. The lowest BCUT2D eigenvalue weighted by molar-refractivity contribution is 0.667. The molecule has 0 bridgehead atoms. The van der Waals surface area contributed by atoms with Crippen molar-refractivity contribution in [1.29, 1.82) is 0 Å². The molecule has 3 aliphatic carbocycles. The first kappa shape index (κ1) is 26.6. The lowest BCUT2D eigenvalue weighted by Gasteiger charge is -2.25. The van der Waals surface area contributed by atoms with Gasteiger partial charge in [0.15, 0.2) is 0 Å². The Hall–Kier alpha value is -5.46. The van der Waals surface area contributed by atoms with E-state index in [0.717, 1.165) is 5.92 Å². The maximum absolute atomic E-state index is 2.57. The molecule has 0 amide bonds. The van der Waals surface area contributed by atoms with E-state index in [1.54, 1.807) is 0 Å². The molecule has 0 heteroatoms. The molecular weight excluding hydrogens is 577 g/mol. The van der Waals surface area contributed by atoms with E-state index in [2.05, 4.69) is 159 Å². The molecule has 2 unspecified atom stereocenters. The second-order valence-corrected chi connectivity index (χ2v) is 14.7. The number of hydrogen-bond acceptors (Lipinski definition) is 0. The largest absolute Gasteiger partial charge is 0.0802 e. The van der Waals surface area contributed by atoms with Crippen LogP contribution >= 0.6 is 0 Å². The van der Waals surface area contributed by atoms with Crippen molar-refractivity contribution >= 4 is 59.4 Å². The highest BCUT2D eigenvalue weighted by atomic mass is 14.4. The Morgan fingerprint density at radius 2 is 0.917 bits per heavy atom. The first-order chi connectivity index (χ1) is 23.6. The third-order valence-electron chi connectivity index (χ3n) is 11.8. The Labute approximate surface area is 280 Å². The molecule has 0 nitrogen and oxygen atoms in total. The average molecular weight is 611 g/mol. The van der Waals surface area contributed by atoms with Crippen molar-refractivity contribution in [3.8, 4) is 22.3 Å². The Bertz CT molecular complexity index is 2730. The van der Waals surface area contributed by atoms with Crippen LogP contribution in [0.25, 0.3) is 81.7 Å². The van der Waals surface area contributed by atoms with E-state index in [1.807, 2.05) is 0 Å². The van der Waals surface area contributed by atoms with E-state index in [9.17, 15) is 0 Å². The third kappa shape index (κ3) is 3.40. The molecule has 11 rings (SSSR count). The third-order valence-corrected chi connectivity index (χ3v) is 11.8. The summed E-state index contributed by atoms with van der Waals surface area (Å²) in [7, 11) is 0. The molecule has 8 aromatic carbocycles. The minimum absolute atomic E-state index is 0.183. The van der Waals surface area contributed by atoms with Crippen LogP contribution in [-0.2, 0) is 5.41 Å². The average Bonchev–Trinajstić information content (AvgIpc) is 3.87. The lowest BCUT2D eigenvalue weighted by Crippen LogP contribution is -2.16. The van der Waals surface area contributed by atoms with Gasteiger partial charge < -0.3 is 0 Å². The molecule has 0 spiro atoms. The zero-order chi connectivity index (χ0) is 31.7. The van der Waals surface area contributed by atoms with Gasteiger partial charge in [0.05, 0.1) is 0 Å². The summed E-state index contributed by atoms with van der Waals surface area (Å²) in [4.78, 5) is 0. The molecule has 2 atom stereocenters. The van der Waals surface area contributed by atoms with Gasteiger partial charge in [0.25, 0.3) is 0 Å². The van der Waals surface area contributed by atoms with Crippen LogP contribution in [0.1, 0.15) is 37.0 Å². The van der Waals surface area contributed by atoms with Crippen LogP contribution in [0.4, 0.5) is 0 Å². The SMILES string of the molecule is CC1(C)c2cc(-c3c4ccccc4c(C4=CC5CC5C=C4)c4ccccc34)c3ccccc3c2-c2c1c1ccccc1c1ccccc21. The molecule has 3 aliphatic rings. The molecule has 0 saturated heterocycles. The Kier molecular flexibility index (Phi) is 5.17. The molecule has 1 fully saturated rings. The van der Waals surface area contributed by atoms with Gasteiger partial charge in [-0.3, -0.25) is 0 Å². The summed E-state index contributed by atoms with van der Waals surface area (Å²) in [5, 5.41) is 13.4. The molecule has 0 aliphatic heterocycles. The van der Waals surface area contributed by atoms with Crippen LogP contribution in [0.5, 0.6) is 0 Å². The fourth-order valence-corrected chi connectivity index (χ4v) is 9.59. The summed E-state index contributed by atoms with van der Waals surface area (Å²) in [5.41, 5.74) is 10.9. The molecule has 0 N–H and O–H groups in total. The Morgan fingerprint density at radius 1 is 0.458 bits per heavy atom. The molecular formula is C48H34. The van der Waals surface area contributed by atoms with Crippen molar-refractivity contribution in [3.63, 3.8) is 0 Å². The topological polar surface area (TPSA) is 0 Å². The van der Waals surface area contributed by atoms with Crippen LogP contribution in [0.15, 0.2) is 146 Å². The molecule has 0 heterocycles. The van der Waals surface area contributed by atoms with Crippen molar-refractivity contribution in [1.82, 2.24) is 0 Å². The summed E-state index contributed by atoms with van der Waals surface area (Å²) in [5.74, 6) is 1.43. The van der Waals surface area contributed by atoms with Gasteiger partial charge in [-0.05, 0) is 123 Å². The monoisotopic (exact) mass is 610 g/mol. The summed E-state index contributed by atoms with van der Waals surface area (Å²) < 4.78 is 0. The minimum atomic E-state index is -0.183. The van der Waals surface area contributed by atoms with E-state index in [4.69, 9.17) is 0 Å². The van der Waals surface area contributed by atoms with E-state index in [1.165, 1.54) is 105 Å². The first-order valence-electron chi connectivity index (χ1n) is 17.4. The van der Waals surface area contributed by atoms with Crippen molar-refractivity contribution in [3.05, 3.63) is 162 Å². The highest BCUT2D eigenvalue weighted by molar-refractivity contribution is 6.26. The fourth-order valence-electron chi connectivity index (χ4n) is 9.59. The van der Waals surface area contributed by atoms with Crippen molar-refractivity contribution in [2.45, 2.75) is 25.7 Å². The quantitative estimate of drug-likeness (QED) is 0.135. The van der Waals surface area contributed by atoms with Crippen LogP contribution in [0, 0.1) is 11.8 Å². The van der Waals surface area contributed by atoms with Gasteiger partial charge in [-0.1, -0.05) is 153 Å². The Morgan fingerprint density at radius 3 is 1.50 bits per heavy atom. The highest BCUT2D eigenvalue weighted by Crippen LogP contribution is 2.58. The predicted molar refractivity (Wildman–Crippen MR) is 206 cm³/mol. The smallest absolute Gasteiger partial charge is 0.0165 e. The predicted octanol–water partition coefficient (Wildman–Crippen LogP) is 13.0. The number of fused-ring (bicyclic) bond motifs is 13. The van der Waals surface area contributed by atoms with Gasteiger partial charge in [0.1, 0.15) is 0 Å². The summed E-state index contributed by atoms with van der Waals surface area (Å²) in [6, 6.07) is 48.1. The van der Waals surface area contributed by atoms with Crippen LogP contribution < -0.4 is 0 Å². The highest BCUT2D eigenvalue weighted by Gasteiger charge is 2.40. The zero-order valence-electron chi connectivity index (χ0n) is 27.2. The number of rotatable bonds is 2. The molecule has 226 valence electrons. The molecule has 0 radical (unpaired) electrons. The fraction of sp³-hybridized carbons (Fsp3) is 0.125. The zero-order valence-corrected chi connectivity index (χ0v) is 27.2. The second kappa shape index (κ2) is 9.33. The van der Waals surface area contributed by atoms with Gasteiger partial charge >= 0.3 is 0 Å². The minimum Gasteiger partial charge on any atom is -0.0802 e.